The quantitative estimate of drug-likeness (QED) is 0.912. The summed E-state index contributed by atoms with van der Waals surface area (Å²) in [6.07, 6.45) is 1.22. The maximum absolute atomic E-state index is 11.3. The summed E-state index contributed by atoms with van der Waals surface area (Å²) >= 11 is 0. The third-order valence-electron chi connectivity index (χ3n) is 4.38. The molecular formula is C19H24ClNO2. The van der Waals surface area contributed by atoms with Crippen LogP contribution in [0.4, 0.5) is 0 Å². The zero-order valence-corrected chi connectivity index (χ0v) is 14.2. The van der Waals surface area contributed by atoms with Crippen molar-refractivity contribution in [3.8, 4) is 0 Å². The summed E-state index contributed by atoms with van der Waals surface area (Å²) in [5, 5.41) is 11.3. The number of nitrogens with zero attached hydrogens (tertiary/aromatic N) is 1. The fourth-order valence-corrected chi connectivity index (χ4v) is 3.03. The molecule has 1 fully saturated rings. The molecule has 3 nitrogen and oxygen atoms in total. The summed E-state index contributed by atoms with van der Waals surface area (Å²) in [6, 6.07) is 19.5. The third-order valence-corrected chi connectivity index (χ3v) is 4.38. The van der Waals surface area contributed by atoms with Crippen LogP contribution in [-0.2, 0) is 10.3 Å². The molecule has 0 radical (unpaired) electrons. The van der Waals surface area contributed by atoms with Gasteiger partial charge in [0, 0.05) is 13.1 Å². The zero-order chi connectivity index (χ0) is 15.4. The van der Waals surface area contributed by atoms with Crippen molar-refractivity contribution in [1.29, 1.82) is 0 Å². The molecule has 1 N–H and O–H groups in total. The van der Waals surface area contributed by atoms with Crippen molar-refractivity contribution < 1.29 is 9.84 Å². The summed E-state index contributed by atoms with van der Waals surface area (Å²) < 4.78 is 6.06. The predicted octanol–water partition coefficient (Wildman–Crippen LogP) is 3.07. The van der Waals surface area contributed by atoms with Gasteiger partial charge in [0.15, 0.2) is 0 Å². The number of rotatable bonds is 5. The number of aliphatic hydroxyl groups is 1. The SMILES string of the molecule is CN1CCC(OCC(O)(c2ccccc2)c2ccccc2)C1.Cl. The number of likely N-dealkylation sites (tertiary alicyclic amines) is 1. The highest BCUT2D eigenvalue weighted by Crippen LogP contribution is 2.30. The van der Waals surface area contributed by atoms with Gasteiger partial charge in [-0.15, -0.1) is 12.4 Å². The summed E-state index contributed by atoms with van der Waals surface area (Å²) in [5.41, 5.74) is 0.629. The van der Waals surface area contributed by atoms with Crippen LogP contribution >= 0.6 is 12.4 Å². The number of ether oxygens (including phenoxy) is 1. The highest BCUT2D eigenvalue weighted by molar-refractivity contribution is 5.85. The zero-order valence-electron chi connectivity index (χ0n) is 13.4. The molecule has 2 aromatic rings. The summed E-state index contributed by atoms with van der Waals surface area (Å²) in [7, 11) is 2.10. The molecule has 0 aliphatic carbocycles. The third kappa shape index (κ3) is 4.12. The van der Waals surface area contributed by atoms with E-state index in [0.717, 1.165) is 30.6 Å². The second kappa shape index (κ2) is 7.93. The summed E-state index contributed by atoms with van der Waals surface area (Å²) in [6.45, 7) is 2.26. The number of hydrogen-bond donors (Lipinski definition) is 1. The van der Waals surface area contributed by atoms with Crippen LogP contribution in [0.2, 0.25) is 0 Å². The van der Waals surface area contributed by atoms with E-state index in [1.54, 1.807) is 0 Å². The number of likely N-dealkylation sites (N-methyl/N-ethyl adjacent to an activating group) is 1. The van der Waals surface area contributed by atoms with Gasteiger partial charge in [0.05, 0.1) is 12.7 Å². The standard InChI is InChI=1S/C19H23NO2.ClH/c1-20-13-12-18(14-20)22-15-19(21,16-8-4-2-5-9-16)17-10-6-3-7-11-17;/h2-11,18,21H,12-15H2,1H3;1H. The molecule has 0 amide bonds. The Morgan fingerprint density at radius 2 is 1.57 bits per heavy atom. The molecule has 1 saturated heterocycles. The van der Waals surface area contributed by atoms with Gasteiger partial charge in [-0.2, -0.15) is 0 Å². The Labute approximate surface area is 144 Å². The van der Waals surface area contributed by atoms with Crippen molar-refractivity contribution in [3.63, 3.8) is 0 Å². The van der Waals surface area contributed by atoms with Gasteiger partial charge in [0.25, 0.3) is 0 Å². The first kappa shape index (κ1) is 18.0. The average molecular weight is 334 g/mol. The van der Waals surface area contributed by atoms with Crippen LogP contribution in [-0.4, -0.2) is 42.9 Å². The Bertz CT molecular complexity index is 551. The lowest BCUT2D eigenvalue weighted by Crippen LogP contribution is -2.35. The first-order valence-electron chi connectivity index (χ1n) is 7.82. The Morgan fingerprint density at radius 1 is 1.04 bits per heavy atom. The average Bonchev–Trinajstić information content (AvgIpc) is 3.00. The molecule has 1 unspecified atom stereocenters. The maximum Gasteiger partial charge on any atom is 0.138 e. The Hall–Kier alpha value is -1.39. The van der Waals surface area contributed by atoms with Crippen LogP contribution in [0, 0.1) is 0 Å². The molecule has 0 spiro atoms. The van der Waals surface area contributed by atoms with Gasteiger partial charge < -0.3 is 14.7 Å². The Morgan fingerprint density at radius 3 is 2.00 bits per heavy atom. The summed E-state index contributed by atoms with van der Waals surface area (Å²) in [5.74, 6) is 0. The molecule has 1 aliphatic rings. The van der Waals surface area contributed by atoms with Gasteiger partial charge in [-0.05, 0) is 24.6 Å². The molecule has 124 valence electrons. The van der Waals surface area contributed by atoms with Crippen molar-refractivity contribution in [2.45, 2.75) is 18.1 Å². The van der Waals surface area contributed by atoms with E-state index in [1.165, 1.54) is 0 Å². The number of halogens is 1. The fraction of sp³-hybridized carbons (Fsp3) is 0.368. The first-order chi connectivity index (χ1) is 10.7. The molecule has 0 saturated carbocycles. The van der Waals surface area contributed by atoms with Gasteiger partial charge in [-0.25, -0.2) is 0 Å². The van der Waals surface area contributed by atoms with Crippen molar-refractivity contribution >= 4 is 12.4 Å². The van der Waals surface area contributed by atoms with Crippen LogP contribution in [0.5, 0.6) is 0 Å². The van der Waals surface area contributed by atoms with Crippen LogP contribution in [0.1, 0.15) is 17.5 Å². The molecule has 4 heteroatoms. The smallest absolute Gasteiger partial charge is 0.138 e. The maximum atomic E-state index is 11.3. The topological polar surface area (TPSA) is 32.7 Å². The van der Waals surface area contributed by atoms with E-state index >= 15 is 0 Å². The van der Waals surface area contributed by atoms with Crippen molar-refractivity contribution in [2.24, 2.45) is 0 Å². The number of benzene rings is 2. The van der Waals surface area contributed by atoms with Crippen LogP contribution in [0.3, 0.4) is 0 Å². The van der Waals surface area contributed by atoms with Crippen LogP contribution in [0.15, 0.2) is 60.7 Å². The van der Waals surface area contributed by atoms with Gasteiger partial charge in [0.1, 0.15) is 5.60 Å². The van der Waals surface area contributed by atoms with Gasteiger partial charge in [-0.1, -0.05) is 60.7 Å². The minimum Gasteiger partial charge on any atom is -0.378 e. The second-order valence-corrected chi connectivity index (χ2v) is 6.08. The lowest BCUT2D eigenvalue weighted by Gasteiger charge is -2.30. The normalized spacial score (nSPS) is 18.6. The Kier molecular flexibility index (Phi) is 6.19. The van der Waals surface area contributed by atoms with Crippen molar-refractivity contribution in [3.05, 3.63) is 71.8 Å². The van der Waals surface area contributed by atoms with E-state index < -0.39 is 5.60 Å². The van der Waals surface area contributed by atoms with Crippen molar-refractivity contribution in [1.82, 2.24) is 4.90 Å². The van der Waals surface area contributed by atoms with E-state index in [2.05, 4.69) is 11.9 Å². The molecule has 1 atom stereocenters. The summed E-state index contributed by atoms with van der Waals surface area (Å²) in [4.78, 5) is 2.26. The highest BCUT2D eigenvalue weighted by Gasteiger charge is 2.33. The molecule has 1 heterocycles. The molecule has 2 aromatic carbocycles. The van der Waals surface area contributed by atoms with Gasteiger partial charge in [0.2, 0.25) is 0 Å². The molecule has 3 rings (SSSR count). The van der Waals surface area contributed by atoms with Crippen LogP contribution < -0.4 is 0 Å². The fourth-order valence-electron chi connectivity index (χ4n) is 3.03. The Balaban J connectivity index is 0.00000192. The minimum absolute atomic E-state index is 0. The van der Waals surface area contributed by atoms with Gasteiger partial charge in [-0.3, -0.25) is 0 Å². The van der Waals surface area contributed by atoms with Crippen molar-refractivity contribution in [2.75, 3.05) is 26.7 Å². The van der Waals surface area contributed by atoms with Crippen LogP contribution in [0.25, 0.3) is 0 Å². The largest absolute Gasteiger partial charge is 0.378 e. The molecule has 0 bridgehead atoms. The monoisotopic (exact) mass is 333 g/mol. The molecule has 0 aromatic heterocycles. The van der Waals surface area contributed by atoms with E-state index in [9.17, 15) is 5.11 Å². The number of hydrogen-bond acceptors (Lipinski definition) is 3. The first-order valence-corrected chi connectivity index (χ1v) is 7.82. The van der Waals surface area contributed by atoms with E-state index in [1.807, 2.05) is 60.7 Å². The second-order valence-electron chi connectivity index (χ2n) is 6.08. The lowest BCUT2D eigenvalue weighted by molar-refractivity contribution is -0.0503. The molecular weight excluding hydrogens is 310 g/mol. The predicted molar refractivity (Wildman–Crippen MR) is 95.0 cm³/mol. The lowest BCUT2D eigenvalue weighted by atomic mass is 9.87. The van der Waals surface area contributed by atoms with E-state index in [0.29, 0.717) is 0 Å². The molecule has 1 aliphatic heterocycles. The van der Waals surface area contributed by atoms with E-state index in [4.69, 9.17) is 4.74 Å². The molecule has 23 heavy (non-hydrogen) atoms. The van der Waals surface area contributed by atoms with Gasteiger partial charge >= 0.3 is 0 Å². The minimum atomic E-state index is -1.11. The highest BCUT2D eigenvalue weighted by atomic mass is 35.5. The van der Waals surface area contributed by atoms with E-state index in [-0.39, 0.29) is 25.1 Å².